The first-order chi connectivity index (χ1) is 13.3. The molecule has 8 heteroatoms. The van der Waals surface area contributed by atoms with Crippen LogP contribution in [0.15, 0.2) is 47.8 Å². The average molecular weight is 396 g/mol. The molecule has 0 saturated heterocycles. The molecule has 0 saturated carbocycles. The zero-order valence-corrected chi connectivity index (χ0v) is 16.6. The van der Waals surface area contributed by atoms with Gasteiger partial charge < -0.3 is 4.74 Å². The Balaban J connectivity index is 2.24. The SMILES string of the molecule is Cc1ccc(S(=O)(=O)n2cc(C=CC#N)c3c(OCC(C)C)ncnc32)cc1. The number of nitrogens with zero attached hydrogens (tertiary/aromatic N) is 4. The highest BCUT2D eigenvalue weighted by atomic mass is 32.2. The molecule has 0 N–H and O–H groups in total. The van der Waals surface area contributed by atoms with Gasteiger partial charge in [0.2, 0.25) is 5.88 Å². The van der Waals surface area contributed by atoms with Crippen molar-refractivity contribution in [3.63, 3.8) is 0 Å². The molecule has 0 amide bonds. The smallest absolute Gasteiger partial charge is 0.269 e. The second kappa shape index (κ2) is 7.82. The number of allylic oxidation sites excluding steroid dienone is 1. The largest absolute Gasteiger partial charge is 0.477 e. The Labute approximate surface area is 164 Å². The van der Waals surface area contributed by atoms with E-state index in [4.69, 9.17) is 10.00 Å². The molecule has 0 aliphatic rings. The quantitative estimate of drug-likeness (QED) is 0.591. The van der Waals surface area contributed by atoms with E-state index in [9.17, 15) is 8.42 Å². The number of nitriles is 1. The second-order valence-corrected chi connectivity index (χ2v) is 8.56. The molecule has 7 nitrogen and oxygen atoms in total. The van der Waals surface area contributed by atoms with E-state index in [1.165, 1.54) is 24.7 Å². The van der Waals surface area contributed by atoms with E-state index in [-0.39, 0.29) is 22.3 Å². The van der Waals surface area contributed by atoms with Crippen LogP contribution in [0.4, 0.5) is 0 Å². The molecule has 0 unspecified atom stereocenters. The molecule has 2 heterocycles. The molecule has 0 fully saturated rings. The minimum Gasteiger partial charge on any atom is -0.477 e. The van der Waals surface area contributed by atoms with Crippen molar-refractivity contribution in [2.24, 2.45) is 5.92 Å². The number of hydrogen-bond donors (Lipinski definition) is 0. The summed E-state index contributed by atoms with van der Waals surface area (Å²) in [6.07, 6.45) is 5.51. The summed E-state index contributed by atoms with van der Waals surface area (Å²) in [5.74, 6) is 0.552. The number of fused-ring (bicyclic) bond motifs is 1. The van der Waals surface area contributed by atoms with Gasteiger partial charge in [0.15, 0.2) is 5.65 Å². The Bertz CT molecular complexity index is 1170. The predicted molar refractivity (Wildman–Crippen MR) is 106 cm³/mol. The summed E-state index contributed by atoms with van der Waals surface area (Å²) < 4.78 is 33.3. The number of aromatic nitrogens is 3. The van der Waals surface area contributed by atoms with E-state index in [1.807, 2.05) is 26.8 Å². The van der Waals surface area contributed by atoms with Crippen molar-refractivity contribution < 1.29 is 13.2 Å². The first kappa shape index (κ1) is 19.6. The van der Waals surface area contributed by atoms with Crippen molar-refractivity contribution in [1.29, 1.82) is 5.26 Å². The maximum atomic E-state index is 13.2. The van der Waals surface area contributed by atoms with Gasteiger partial charge in [-0.25, -0.2) is 22.4 Å². The van der Waals surface area contributed by atoms with E-state index in [1.54, 1.807) is 24.3 Å². The van der Waals surface area contributed by atoms with Gasteiger partial charge in [-0.15, -0.1) is 0 Å². The minimum atomic E-state index is -3.88. The topological polar surface area (TPSA) is 97.9 Å². The third kappa shape index (κ3) is 3.75. The van der Waals surface area contributed by atoms with Crippen molar-refractivity contribution in [3.8, 4) is 11.9 Å². The van der Waals surface area contributed by atoms with E-state index in [0.717, 1.165) is 9.54 Å². The van der Waals surface area contributed by atoms with E-state index < -0.39 is 10.0 Å². The Morgan fingerprint density at radius 2 is 1.96 bits per heavy atom. The lowest BCUT2D eigenvalue weighted by Gasteiger charge is -2.10. The first-order valence-electron chi connectivity index (χ1n) is 8.72. The van der Waals surface area contributed by atoms with Crippen LogP contribution in [0.5, 0.6) is 5.88 Å². The molecule has 0 bridgehead atoms. The normalized spacial score (nSPS) is 12.0. The second-order valence-electron chi connectivity index (χ2n) is 6.74. The summed E-state index contributed by atoms with van der Waals surface area (Å²) in [7, 11) is -3.88. The summed E-state index contributed by atoms with van der Waals surface area (Å²) in [5.41, 5.74) is 1.65. The monoisotopic (exact) mass is 396 g/mol. The number of hydrogen-bond acceptors (Lipinski definition) is 6. The van der Waals surface area contributed by atoms with Gasteiger partial charge in [-0.3, -0.25) is 0 Å². The molecular formula is C20H20N4O3S. The summed E-state index contributed by atoms with van der Waals surface area (Å²) in [5, 5.41) is 9.34. The number of benzene rings is 1. The fourth-order valence-corrected chi connectivity index (χ4v) is 3.97. The molecule has 3 aromatic rings. The summed E-state index contributed by atoms with van der Waals surface area (Å²) >= 11 is 0. The van der Waals surface area contributed by atoms with Gasteiger partial charge in [-0.1, -0.05) is 31.5 Å². The van der Waals surface area contributed by atoms with Crippen molar-refractivity contribution in [3.05, 3.63) is 54.0 Å². The number of rotatable bonds is 6. The Kier molecular flexibility index (Phi) is 5.47. The van der Waals surface area contributed by atoms with Crippen molar-refractivity contribution in [2.45, 2.75) is 25.7 Å². The van der Waals surface area contributed by atoms with Crippen LogP contribution in [0.25, 0.3) is 17.1 Å². The Hall–Kier alpha value is -3.18. The zero-order chi connectivity index (χ0) is 20.3. The van der Waals surface area contributed by atoms with E-state index in [0.29, 0.717) is 17.6 Å². The average Bonchev–Trinajstić information content (AvgIpc) is 3.05. The summed E-state index contributed by atoms with van der Waals surface area (Å²) in [4.78, 5) is 8.50. The first-order valence-corrected chi connectivity index (χ1v) is 10.2. The molecular weight excluding hydrogens is 376 g/mol. The van der Waals surface area contributed by atoms with Gasteiger partial charge >= 0.3 is 0 Å². The van der Waals surface area contributed by atoms with Gasteiger partial charge in [0, 0.05) is 17.8 Å². The van der Waals surface area contributed by atoms with Crippen molar-refractivity contribution >= 4 is 27.1 Å². The van der Waals surface area contributed by atoms with Crippen LogP contribution < -0.4 is 4.74 Å². The lowest BCUT2D eigenvalue weighted by molar-refractivity contribution is 0.264. The number of ether oxygens (including phenoxy) is 1. The Morgan fingerprint density at radius 3 is 2.61 bits per heavy atom. The lowest BCUT2D eigenvalue weighted by atomic mass is 10.2. The van der Waals surface area contributed by atoms with E-state index >= 15 is 0 Å². The van der Waals surface area contributed by atoms with Gasteiger partial charge in [-0.2, -0.15) is 5.26 Å². The highest BCUT2D eigenvalue weighted by Crippen LogP contribution is 2.31. The molecule has 144 valence electrons. The molecule has 0 aliphatic carbocycles. The van der Waals surface area contributed by atoms with Crippen molar-refractivity contribution in [1.82, 2.24) is 13.9 Å². The molecule has 0 radical (unpaired) electrons. The van der Waals surface area contributed by atoms with Crippen LogP contribution in [-0.4, -0.2) is 29.0 Å². The molecule has 3 rings (SSSR count). The predicted octanol–water partition coefficient (Wildman–Crippen LogP) is 3.55. The van der Waals surface area contributed by atoms with Gasteiger partial charge in [-0.05, 0) is 31.1 Å². The van der Waals surface area contributed by atoms with Crippen LogP contribution in [-0.2, 0) is 10.0 Å². The summed E-state index contributed by atoms with van der Waals surface area (Å²) in [6, 6.07) is 8.50. The molecule has 2 aromatic heterocycles. The maximum absolute atomic E-state index is 13.2. The van der Waals surface area contributed by atoms with Gasteiger partial charge in [0.05, 0.1) is 23.0 Å². The van der Waals surface area contributed by atoms with Crippen LogP contribution in [0, 0.1) is 24.2 Å². The molecule has 0 atom stereocenters. The fourth-order valence-electron chi connectivity index (χ4n) is 2.65. The summed E-state index contributed by atoms with van der Waals surface area (Å²) in [6.45, 7) is 6.31. The maximum Gasteiger partial charge on any atom is 0.269 e. The highest BCUT2D eigenvalue weighted by Gasteiger charge is 2.24. The molecule has 1 aromatic carbocycles. The molecule has 28 heavy (non-hydrogen) atoms. The number of aryl methyl sites for hydroxylation is 1. The zero-order valence-electron chi connectivity index (χ0n) is 15.8. The van der Waals surface area contributed by atoms with E-state index in [2.05, 4.69) is 9.97 Å². The lowest BCUT2D eigenvalue weighted by Crippen LogP contribution is -2.13. The van der Waals surface area contributed by atoms with Crippen LogP contribution in [0.3, 0.4) is 0 Å². The Morgan fingerprint density at radius 1 is 1.25 bits per heavy atom. The molecule has 0 spiro atoms. The third-order valence-electron chi connectivity index (χ3n) is 4.01. The van der Waals surface area contributed by atoms with Gasteiger partial charge in [0.25, 0.3) is 10.0 Å². The fraction of sp³-hybridized carbons (Fsp3) is 0.250. The van der Waals surface area contributed by atoms with Crippen LogP contribution in [0.1, 0.15) is 25.0 Å². The van der Waals surface area contributed by atoms with Crippen molar-refractivity contribution in [2.75, 3.05) is 6.61 Å². The highest BCUT2D eigenvalue weighted by molar-refractivity contribution is 7.90. The molecule has 0 aliphatic heterocycles. The third-order valence-corrected chi connectivity index (χ3v) is 5.68. The minimum absolute atomic E-state index is 0.147. The standard InChI is InChI=1S/C20H20N4O3S/c1-14(2)12-27-20-18-16(5-4-10-21)11-24(19(18)22-13-23-20)28(25,26)17-8-6-15(3)7-9-17/h4-9,11,13-14H,12H2,1-3H3. The van der Waals surface area contributed by atoms with Crippen LogP contribution >= 0.6 is 0 Å². The van der Waals surface area contributed by atoms with Gasteiger partial charge in [0.1, 0.15) is 6.33 Å². The van der Waals surface area contributed by atoms with Crippen LogP contribution in [0.2, 0.25) is 0 Å².